The van der Waals surface area contributed by atoms with Crippen LogP contribution in [0, 0.1) is 5.92 Å². The average molecular weight is 495 g/mol. The van der Waals surface area contributed by atoms with Gasteiger partial charge in [-0.1, -0.05) is 13.3 Å². The molecule has 1 aliphatic carbocycles. The van der Waals surface area contributed by atoms with Crippen LogP contribution in [0.3, 0.4) is 0 Å². The molecule has 0 unspecified atom stereocenters. The molecule has 1 aliphatic heterocycles. The first-order valence-electron chi connectivity index (χ1n) is 12.0. The van der Waals surface area contributed by atoms with Crippen LogP contribution in [0.2, 0.25) is 0 Å². The third-order valence-corrected chi connectivity index (χ3v) is 5.87. The number of unbranched alkanes of at least 4 members (excludes halogenated alkanes) is 1. The van der Waals surface area contributed by atoms with E-state index in [-0.39, 0.29) is 36.5 Å². The fourth-order valence-electron chi connectivity index (χ4n) is 3.64. The monoisotopic (exact) mass is 494 g/mol. The van der Waals surface area contributed by atoms with E-state index >= 15 is 0 Å². The molecule has 0 aromatic carbocycles. The van der Waals surface area contributed by atoms with Gasteiger partial charge in [0.1, 0.15) is 12.2 Å². The minimum absolute atomic E-state index is 0.0676. The van der Waals surface area contributed by atoms with Crippen LogP contribution in [-0.2, 0) is 28.5 Å². The predicted octanol–water partition coefficient (Wildman–Crippen LogP) is 1.75. The molecule has 4 atom stereocenters. The summed E-state index contributed by atoms with van der Waals surface area (Å²) in [4.78, 5) is 42.0. The SMILES string of the molecule is CCCCO[C@H]1CCOC[C@H](NC(=O)c2nccc(OC)c2O)C(=O)O[C@@H](C)[C@@H]1OC(=O)C1CC1. The number of carbonyl (C=O) groups is 3. The van der Waals surface area contributed by atoms with Crippen molar-refractivity contribution in [3.05, 3.63) is 18.0 Å². The number of hydrogen-bond donors (Lipinski definition) is 2. The van der Waals surface area contributed by atoms with Crippen molar-refractivity contribution in [2.24, 2.45) is 5.92 Å². The van der Waals surface area contributed by atoms with Gasteiger partial charge >= 0.3 is 11.9 Å². The summed E-state index contributed by atoms with van der Waals surface area (Å²) in [6, 6.07) is 0.228. The Labute approximate surface area is 204 Å². The largest absolute Gasteiger partial charge is 0.503 e. The number of nitrogens with one attached hydrogen (secondary N) is 1. The van der Waals surface area contributed by atoms with E-state index in [4.69, 9.17) is 23.7 Å². The predicted molar refractivity (Wildman–Crippen MR) is 122 cm³/mol. The second-order valence-electron chi connectivity index (χ2n) is 8.68. The summed E-state index contributed by atoms with van der Waals surface area (Å²) in [5.74, 6) is -2.41. The number of carbonyl (C=O) groups excluding carboxylic acids is 3. The Kier molecular flexibility index (Phi) is 9.67. The smallest absolute Gasteiger partial charge is 0.331 e. The number of nitrogens with zero attached hydrogens (tertiary/aromatic N) is 1. The molecule has 1 aromatic rings. The standard InChI is InChI=1S/C24H34N2O9/c1-4-5-11-33-18-9-12-32-13-16(26-22(28)19-20(27)17(31-3)8-10-25-19)24(30)34-14(2)21(18)35-23(29)15-6-7-15/h8,10,14-16,18,21,27H,4-7,9,11-13H2,1-3H3,(H,26,28)/t14-,16-,18-,21-/m0/s1. The maximum absolute atomic E-state index is 13.0. The Balaban J connectivity index is 1.72. The zero-order valence-corrected chi connectivity index (χ0v) is 20.4. The number of aromatic nitrogens is 1. The van der Waals surface area contributed by atoms with E-state index in [1.807, 2.05) is 6.92 Å². The summed E-state index contributed by atoms with van der Waals surface area (Å²) in [5, 5.41) is 12.7. The molecular weight excluding hydrogens is 460 g/mol. The fourth-order valence-corrected chi connectivity index (χ4v) is 3.64. The molecule has 11 heteroatoms. The average Bonchev–Trinajstić information content (AvgIpc) is 3.68. The number of aromatic hydroxyl groups is 1. The van der Waals surface area contributed by atoms with Gasteiger partial charge in [-0.3, -0.25) is 9.59 Å². The van der Waals surface area contributed by atoms with Crippen molar-refractivity contribution in [2.75, 3.05) is 26.9 Å². The summed E-state index contributed by atoms with van der Waals surface area (Å²) < 4.78 is 28.0. The normalized spacial score (nSPS) is 25.3. The van der Waals surface area contributed by atoms with Crippen LogP contribution in [0.5, 0.6) is 11.5 Å². The van der Waals surface area contributed by atoms with E-state index in [9.17, 15) is 19.5 Å². The Morgan fingerprint density at radius 2 is 2.06 bits per heavy atom. The number of hydrogen-bond acceptors (Lipinski definition) is 10. The topological polar surface area (TPSA) is 143 Å². The van der Waals surface area contributed by atoms with Crippen LogP contribution in [0.4, 0.5) is 0 Å². The minimum Gasteiger partial charge on any atom is -0.503 e. The maximum Gasteiger partial charge on any atom is 0.331 e. The number of esters is 2. The number of rotatable bonds is 9. The summed E-state index contributed by atoms with van der Waals surface area (Å²) in [5.41, 5.74) is -0.303. The lowest BCUT2D eigenvalue weighted by Gasteiger charge is -2.33. The first-order valence-corrected chi connectivity index (χ1v) is 12.0. The molecule has 1 amide bonds. The highest BCUT2D eigenvalue weighted by molar-refractivity contribution is 5.98. The molecule has 0 spiro atoms. The van der Waals surface area contributed by atoms with Crippen molar-refractivity contribution in [1.82, 2.24) is 10.3 Å². The Hall–Kier alpha value is -2.92. The highest BCUT2D eigenvalue weighted by Gasteiger charge is 2.40. The molecule has 1 aromatic heterocycles. The summed E-state index contributed by atoms with van der Waals surface area (Å²) in [7, 11) is 1.34. The van der Waals surface area contributed by atoms with E-state index in [2.05, 4.69) is 10.3 Å². The Bertz CT molecular complexity index is 890. The first kappa shape index (κ1) is 26.7. The first-order chi connectivity index (χ1) is 16.8. The van der Waals surface area contributed by atoms with E-state index in [0.717, 1.165) is 25.7 Å². The summed E-state index contributed by atoms with van der Waals surface area (Å²) in [6.45, 7) is 4.22. The lowest BCUT2D eigenvalue weighted by Crippen LogP contribution is -2.51. The van der Waals surface area contributed by atoms with Gasteiger partial charge in [-0.25, -0.2) is 9.78 Å². The van der Waals surface area contributed by atoms with Gasteiger partial charge in [0.15, 0.2) is 29.3 Å². The number of ether oxygens (including phenoxy) is 5. The molecule has 11 nitrogen and oxygen atoms in total. The van der Waals surface area contributed by atoms with Crippen LogP contribution in [0.25, 0.3) is 0 Å². The lowest BCUT2D eigenvalue weighted by molar-refractivity contribution is -0.185. The third-order valence-electron chi connectivity index (χ3n) is 5.87. The van der Waals surface area contributed by atoms with E-state index in [0.29, 0.717) is 13.0 Å². The van der Waals surface area contributed by atoms with E-state index in [1.54, 1.807) is 6.92 Å². The molecule has 2 heterocycles. The van der Waals surface area contributed by atoms with Crippen LogP contribution in [-0.4, -0.2) is 79.2 Å². The number of cyclic esters (lactones) is 1. The van der Waals surface area contributed by atoms with Gasteiger partial charge < -0.3 is 34.1 Å². The second kappa shape index (κ2) is 12.7. The van der Waals surface area contributed by atoms with E-state index < -0.39 is 42.0 Å². The highest BCUT2D eigenvalue weighted by atomic mass is 16.6. The molecule has 2 aliphatic rings. The quantitative estimate of drug-likeness (QED) is 0.385. The second-order valence-corrected chi connectivity index (χ2v) is 8.68. The van der Waals surface area contributed by atoms with Gasteiger partial charge in [-0.15, -0.1) is 0 Å². The zero-order valence-electron chi connectivity index (χ0n) is 20.4. The van der Waals surface area contributed by atoms with Gasteiger partial charge in [0.2, 0.25) is 0 Å². The molecule has 1 saturated heterocycles. The Morgan fingerprint density at radius 3 is 2.74 bits per heavy atom. The summed E-state index contributed by atoms with van der Waals surface area (Å²) >= 11 is 0. The Morgan fingerprint density at radius 1 is 1.29 bits per heavy atom. The number of amides is 1. The van der Waals surface area contributed by atoms with Crippen molar-refractivity contribution in [2.45, 2.75) is 70.3 Å². The summed E-state index contributed by atoms with van der Waals surface area (Å²) in [6.07, 6.45) is 2.92. The zero-order chi connectivity index (χ0) is 25.4. The minimum atomic E-state index is -1.17. The molecule has 194 valence electrons. The van der Waals surface area contributed by atoms with Crippen LogP contribution < -0.4 is 10.1 Å². The molecule has 3 rings (SSSR count). The van der Waals surface area contributed by atoms with Crippen molar-refractivity contribution in [3.8, 4) is 11.5 Å². The molecular formula is C24H34N2O9. The highest BCUT2D eigenvalue weighted by Crippen LogP contribution is 2.32. The van der Waals surface area contributed by atoms with Crippen LogP contribution >= 0.6 is 0 Å². The maximum atomic E-state index is 13.0. The van der Waals surface area contributed by atoms with Gasteiger partial charge in [-0.05, 0) is 26.2 Å². The van der Waals surface area contributed by atoms with Crippen molar-refractivity contribution in [1.29, 1.82) is 0 Å². The van der Waals surface area contributed by atoms with Crippen molar-refractivity contribution in [3.63, 3.8) is 0 Å². The van der Waals surface area contributed by atoms with Gasteiger partial charge in [0, 0.05) is 31.9 Å². The van der Waals surface area contributed by atoms with Crippen LogP contribution in [0.1, 0.15) is 56.4 Å². The van der Waals surface area contributed by atoms with Gasteiger partial charge in [-0.2, -0.15) is 0 Å². The molecule has 1 saturated carbocycles. The van der Waals surface area contributed by atoms with Gasteiger partial charge in [0.05, 0.1) is 19.6 Å². The molecule has 2 N–H and O–H groups in total. The number of methoxy groups -OCH3 is 1. The number of pyridine rings is 1. The third kappa shape index (κ3) is 7.28. The van der Waals surface area contributed by atoms with Gasteiger partial charge in [0.25, 0.3) is 5.91 Å². The molecule has 2 fully saturated rings. The lowest BCUT2D eigenvalue weighted by atomic mass is 10.0. The van der Waals surface area contributed by atoms with Crippen molar-refractivity contribution >= 4 is 17.8 Å². The molecule has 35 heavy (non-hydrogen) atoms. The van der Waals surface area contributed by atoms with Crippen molar-refractivity contribution < 1.29 is 43.2 Å². The van der Waals surface area contributed by atoms with Crippen LogP contribution in [0.15, 0.2) is 12.3 Å². The van der Waals surface area contributed by atoms with E-state index in [1.165, 1.54) is 19.4 Å². The molecule has 0 bridgehead atoms. The fraction of sp³-hybridized carbons (Fsp3) is 0.667. The molecule has 0 radical (unpaired) electrons.